The number of carbonyl (C=O) groups is 2. The number of rotatable bonds is 2. The van der Waals surface area contributed by atoms with Crippen LogP contribution in [0, 0.1) is 22.7 Å². The second-order valence-electron chi connectivity index (χ2n) is 8.12. The lowest BCUT2D eigenvalue weighted by Crippen LogP contribution is -2.61. The van der Waals surface area contributed by atoms with Crippen molar-refractivity contribution in [1.82, 2.24) is 0 Å². The smallest absolute Gasteiger partial charge is 0.311 e. The van der Waals surface area contributed by atoms with Gasteiger partial charge < -0.3 is 9.84 Å². The van der Waals surface area contributed by atoms with Gasteiger partial charge in [0.15, 0.2) is 0 Å². The molecule has 0 aromatic carbocycles. The molecule has 0 aliphatic heterocycles. The summed E-state index contributed by atoms with van der Waals surface area (Å²) in [5, 5.41) is 9.87. The first kappa shape index (κ1) is 16.3. The summed E-state index contributed by atoms with van der Waals surface area (Å²) in [5.74, 6) is -1.49. The highest BCUT2D eigenvalue weighted by Crippen LogP contribution is 2.62. The van der Waals surface area contributed by atoms with E-state index in [1.165, 1.54) is 6.92 Å². The molecule has 2 aliphatic carbocycles. The van der Waals surface area contributed by atoms with Gasteiger partial charge in [0.25, 0.3) is 0 Å². The Labute approximate surface area is 127 Å². The number of carboxylic acids is 1. The quantitative estimate of drug-likeness (QED) is 0.790. The first-order valence-corrected chi connectivity index (χ1v) is 7.95. The Morgan fingerprint density at radius 1 is 1.10 bits per heavy atom. The molecule has 0 heterocycles. The van der Waals surface area contributed by atoms with E-state index in [9.17, 15) is 14.7 Å². The van der Waals surface area contributed by atoms with Crippen molar-refractivity contribution in [1.29, 1.82) is 0 Å². The first-order chi connectivity index (χ1) is 9.53. The van der Waals surface area contributed by atoms with Crippen molar-refractivity contribution >= 4 is 11.9 Å². The normalized spacial score (nSPS) is 42.0. The third-order valence-corrected chi connectivity index (χ3v) is 6.10. The van der Waals surface area contributed by atoms with Crippen LogP contribution in [-0.2, 0) is 14.3 Å². The van der Waals surface area contributed by atoms with Crippen LogP contribution in [-0.4, -0.2) is 22.6 Å². The van der Waals surface area contributed by atoms with E-state index < -0.39 is 17.5 Å². The lowest BCUT2D eigenvalue weighted by atomic mass is 9.45. The molecule has 0 aromatic rings. The summed E-state index contributed by atoms with van der Waals surface area (Å²) in [6, 6.07) is 0. The zero-order valence-electron chi connectivity index (χ0n) is 13.9. The summed E-state index contributed by atoms with van der Waals surface area (Å²) in [7, 11) is 0. The maximum absolute atomic E-state index is 12.0. The molecule has 2 saturated carbocycles. The number of carboxylic acid groups (broad SMARTS) is 1. The van der Waals surface area contributed by atoms with Crippen molar-refractivity contribution in [2.24, 2.45) is 22.7 Å². The molecule has 0 aromatic heterocycles. The summed E-state index contributed by atoms with van der Waals surface area (Å²) in [6.45, 7) is 9.77. The Morgan fingerprint density at radius 3 is 2.24 bits per heavy atom. The van der Waals surface area contributed by atoms with Gasteiger partial charge in [-0.05, 0) is 49.4 Å². The van der Waals surface area contributed by atoms with E-state index in [-0.39, 0.29) is 16.8 Å². The number of ether oxygens (including phenoxy) is 1. The fourth-order valence-electron chi connectivity index (χ4n) is 5.49. The minimum absolute atomic E-state index is 0.151. The Balaban J connectivity index is 2.46. The Morgan fingerprint density at radius 2 is 1.71 bits per heavy atom. The molecule has 0 saturated heterocycles. The molecular weight excluding hydrogens is 268 g/mol. The van der Waals surface area contributed by atoms with E-state index in [0.717, 1.165) is 25.7 Å². The fourth-order valence-corrected chi connectivity index (χ4v) is 5.49. The maximum Gasteiger partial charge on any atom is 0.311 e. The third-order valence-electron chi connectivity index (χ3n) is 6.10. The summed E-state index contributed by atoms with van der Waals surface area (Å²) < 4.78 is 5.52. The zero-order chi connectivity index (χ0) is 16.1. The fraction of sp³-hybridized carbons (Fsp3) is 0.882. The van der Waals surface area contributed by atoms with Crippen LogP contribution >= 0.6 is 0 Å². The summed E-state index contributed by atoms with van der Waals surface area (Å²) >= 11 is 0. The highest BCUT2D eigenvalue weighted by atomic mass is 16.6. The molecule has 4 nitrogen and oxygen atoms in total. The highest BCUT2D eigenvalue weighted by Gasteiger charge is 2.62. The van der Waals surface area contributed by atoms with Crippen molar-refractivity contribution in [2.45, 2.75) is 72.3 Å². The van der Waals surface area contributed by atoms with E-state index in [1.54, 1.807) is 6.92 Å². The summed E-state index contributed by atoms with van der Waals surface area (Å²) in [6.07, 6.45) is 4.64. The van der Waals surface area contributed by atoms with Gasteiger partial charge in [-0.2, -0.15) is 0 Å². The maximum atomic E-state index is 12.0. The number of fused-ring (bicyclic) bond motifs is 1. The molecule has 4 atom stereocenters. The molecular formula is C17H28O4. The lowest BCUT2D eigenvalue weighted by Gasteiger charge is -2.60. The minimum atomic E-state index is -0.893. The predicted octanol–water partition coefficient (Wildman–Crippen LogP) is 3.64. The van der Waals surface area contributed by atoms with Crippen LogP contribution in [0.15, 0.2) is 0 Å². The van der Waals surface area contributed by atoms with Gasteiger partial charge in [0.2, 0.25) is 0 Å². The monoisotopic (exact) mass is 296 g/mol. The second kappa shape index (κ2) is 4.99. The van der Waals surface area contributed by atoms with Crippen molar-refractivity contribution in [3.63, 3.8) is 0 Å². The van der Waals surface area contributed by atoms with Crippen molar-refractivity contribution in [3.05, 3.63) is 0 Å². The summed E-state index contributed by atoms with van der Waals surface area (Å²) in [4.78, 5) is 23.5. The van der Waals surface area contributed by atoms with Gasteiger partial charge in [-0.1, -0.05) is 27.2 Å². The van der Waals surface area contributed by atoms with Crippen molar-refractivity contribution in [3.8, 4) is 0 Å². The van der Waals surface area contributed by atoms with E-state index in [4.69, 9.17) is 4.74 Å². The van der Waals surface area contributed by atoms with Gasteiger partial charge in [0, 0.05) is 6.92 Å². The molecule has 0 amide bonds. The molecule has 120 valence electrons. The number of aliphatic carboxylic acids is 1. The second-order valence-corrected chi connectivity index (χ2v) is 8.12. The van der Waals surface area contributed by atoms with Gasteiger partial charge in [-0.15, -0.1) is 0 Å². The Kier molecular flexibility index (Phi) is 3.88. The molecule has 0 radical (unpaired) electrons. The van der Waals surface area contributed by atoms with E-state index in [0.29, 0.717) is 12.3 Å². The Bertz CT molecular complexity index is 456. The van der Waals surface area contributed by atoms with Crippen LogP contribution in [0.4, 0.5) is 0 Å². The van der Waals surface area contributed by atoms with Gasteiger partial charge >= 0.3 is 11.9 Å². The number of esters is 1. The number of carbonyl (C=O) groups excluding carboxylic acids is 1. The van der Waals surface area contributed by atoms with Gasteiger partial charge in [-0.3, -0.25) is 9.59 Å². The molecule has 1 N–H and O–H groups in total. The number of hydrogen-bond donors (Lipinski definition) is 1. The topological polar surface area (TPSA) is 63.6 Å². The summed E-state index contributed by atoms with van der Waals surface area (Å²) in [5.41, 5.74) is -1.05. The molecule has 2 rings (SSSR count). The van der Waals surface area contributed by atoms with Crippen LogP contribution in [0.25, 0.3) is 0 Å². The van der Waals surface area contributed by atoms with E-state index in [1.807, 2.05) is 0 Å². The largest absolute Gasteiger partial charge is 0.481 e. The van der Waals surface area contributed by atoms with Gasteiger partial charge in [-0.25, -0.2) is 0 Å². The van der Waals surface area contributed by atoms with Crippen LogP contribution in [0.1, 0.15) is 66.7 Å². The molecule has 2 aliphatic rings. The standard InChI is InChI=1S/C17H28O4/c1-11(18)21-17(5)10-7-12-15(2,3)8-6-9-16(12,4)13(17)14(19)20/h12-13H,6-10H2,1-5H3,(H,19,20)/t12?,13-,16+,17-/m1/s1. The van der Waals surface area contributed by atoms with E-state index in [2.05, 4.69) is 20.8 Å². The lowest BCUT2D eigenvalue weighted by molar-refractivity contribution is -0.207. The molecule has 4 heteroatoms. The molecule has 1 unspecified atom stereocenters. The zero-order valence-corrected chi connectivity index (χ0v) is 13.9. The Hall–Kier alpha value is -1.06. The minimum Gasteiger partial charge on any atom is -0.481 e. The van der Waals surface area contributed by atoms with E-state index >= 15 is 0 Å². The van der Waals surface area contributed by atoms with Crippen LogP contribution in [0.2, 0.25) is 0 Å². The number of hydrogen-bond acceptors (Lipinski definition) is 3. The van der Waals surface area contributed by atoms with Gasteiger partial charge in [0.1, 0.15) is 11.5 Å². The highest BCUT2D eigenvalue weighted by molar-refractivity contribution is 5.74. The molecule has 2 fully saturated rings. The molecule has 21 heavy (non-hydrogen) atoms. The predicted molar refractivity (Wildman–Crippen MR) is 79.8 cm³/mol. The SMILES string of the molecule is CC(=O)O[C@]1(C)CCC2C(C)(C)CCC[C@]2(C)[C@H]1C(=O)O. The van der Waals surface area contributed by atoms with Crippen molar-refractivity contribution < 1.29 is 19.4 Å². The van der Waals surface area contributed by atoms with Crippen LogP contribution < -0.4 is 0 Å². The third kappa shape index (κ3) is 2.58. The van der Waals surface area contributed by atoms with Crippen molar-refractivity contribution in [2.75, 3.05) is 0 Å². The molecule has 0 bridgehead atoms. The van der Waals surface area contributed by atoms with Crippen LogP contribution in [0.5, 0.6) is 0 Å². The van der Waals surface area contributed by atoms with Gasteiger partial charge in [0.05, 0.1) is 0 Å². The first-order valence-electron chi connectivity index (χ1n) is 7.95. The average Bonchev–Trinajstić information content (AvgIpc) is 2.23. The van der Waals surface area contributed by atoms with Crippen LogP contribution in [0.3, 0.4) is 0 Å². The molecule has 0 spiro atoms. The average molecular weight is 296 g/mol.